The Hall–Kier alpha value is -1.05. The van der Waals surface area contributed by atoms with Crippen molar-refractivity contribution in [1.82, 2.24) is 10.0 Å². The van der Waals surface area contributed by atoms with E-state index in [4.69, 9.17) is 9.84 Å². The van der Waals surface area contributed by atoms with E-state index in [0.717, 1.165) is 6.20 Å². The number of ether oxygens (including phenoxy) is 1. The van der Waals surface area contributed by atoms with Crippen LogP contribution >= 0.6 is 12.2 Å². The number of aliphatic hydroxyl groups excluding tert-OH is 1. The maximum atomic E-state index is 13.5. The number of thiocarbonyl (C=S) groups is 1. The van der Waals surface area contributed by atoms with Crippen LogP contribution in [0.25, 0.3) is 0 Å². The van der Waals surface area contributed by atoms with Gasteiger partial charge in [0.25, 0.3) is 0 Å². The molecule has 0 amide bonds. The van der Waals surface area contributed by atoms with Crippen molar-refractivity contribution >= 4 is 17.2 Å². The van der Waals surface area contributed by atoms with Crippen LogP contribution in [0.1, 0.15) is 12.8 Å². The maximum Gasteiger partial charge on any atom is 0.177 e. The van der Waals surface area contributed by atoms with E-state index in [2.05, 4.69) is 18.8 Å². The Bertz CT molecular complexity index is 389. The third-order valence-electron chi connectivity index (χ3n) is 2.76. The molecule has 0 aromatic heterocycles. The predicted molar refractivity (Wildman–Crippen MR) is 60.7 cm³/mol. The van der Waals surface area contributed by atoms with E-state index in [0.29, 0.717) is 12.8 Å². The Labute approximate surface area is 103 Å². The standard InChI is InChI=1S/C10H12F2N2O2S/c1-6-13(4-8(11)10(17)14(6)12)9-3-2-7(5-15)16-9/h4,7,9,15H,1-3,5H2. The highest BCUT2D eigenvalue weighted by atomic mass is 32.1. The summed E-state index contributed by atoms with van der Waals surface area (Å²) >= 11 is 4.54. The number of hydrogen-bond donors (Lipinski definition) is 1. The lowest BCUT2D eigenvalue weighted by molar-refractivity contribution is -0.0563. The summed E-state index contributed by atoms with van der Waals surface area (Å²) in [4.78, 5) is 0.712. The molecule has 0 bridgehead atoms. The molecule has 2 unspecified atom stereocenters. The van der Waals surface area contributed by atoms with Gasteiger partial charge in [-0.15, -0.1) is 5.12 Å². The molecule has 2 aliphatic rings. The monoisotopic (exact) mass is 262 g/mol. The Morgan fingerprint density at radius 1 is 1.59 bits per heavy atom. The molecule has 2 atom stereocenters. The van der Waals surface area contributed by atoms with Crippen molar-refractivity contribution in [3.63, 3.8) is 0 Å². The van der Waals surface area contributed by atoms with Gasteiger partial charge in [-0.1, -0.05) is 23.3 Å². The average Bonchev–Trinajstić information content (AvgIpc) is 2.79. The van der Waals surface area contributed by atoms with Crippen LogP contribution in [0, 0.1) is 0 Å². The molecule has 2 rings (SSSR count). The normalized spacial score (nSPS) is 29.9. The van der Waals surface area contributed by atoms with Crippen LogP contribution in [-0.4, -0.2) is 39.1 Å². The van der Waals surface area contributed by atoms with Crippen LogP contribution in [0.5, 0.6) is 0 Å². The second kappa shape index (κ2) is 4.67. The molecule has 0 radical (unpaired) electrons. The van der Waals surface area contributed by atoms with Gasteiger partial charge in [-0.25, -0.2) is 4.39 Å². The van der Waals surface area contributed by atoms with Crippen LogP contribution in [-0.2, 0) is 4.74 Å². The fraction of sp³-hybridized carbons (Fsp3) is 0.500. The molecule has 1 fully saturated rings. The highest BCUT2D eigenvalue weighted by Gasteiger charge is 2.35. The first-order chi connectivity index (χ1) is 8.04. The van der Waals surface area contributed by atoms with Gasteiger partial charge in [0.1, 0.15) is 12.0 Å². The molecule has 1 N–H and O–H groups in total. The summed E-state index contributed by atoms with van der Waals surface area (Å²) in [7, 11) is 0. The number of hydrogen-bond acceptors (Lipinski definition) is 4. The van der Waals surface area contributed by atoms with Crippen LogP contribution in [0.15, 0.2) is 24.4 Å². The van der Waals surface area contributed by atoms with Crippen molar-refractivity contribution < 1.29 is 18.7 Å². The minimum absolute atomic E-state index is 0.0142. The van der Waals surface area contributed by atoms with E-state index >= 15 is 0 Å². The summed E-state index contributed by atoms with van der Waals surface area (Å²) in [6.07, 6.45) is 1.45. The molecule has 1 saturated heterocycles. The Kier molecular flexibility index (Phi) is 3.41. The van der Waals surface area contributed by atoms with E-state index in [1.165, 1.54) is 4.90 Å². The maximum absolute atomic E-state index is 13.5. The third-order valence-corrected chi connectivity index (χ3v) is 3.11. The van der Waals surface area contributed by atoms with Crippen LogP contribution in [0.4, 0.5) is 8.87 Å². The molecular weight excluding hydrogens is 250 g/mol. The first-order valence-corrected chi connectivity index (χ1v) is 5.56. The molecule has 0 spiro atoms. The zero-order valence-corrected chi connectivity index (χ0v) is 9.79. The molecule has 7 heteroatoms. The van der Waals surface area contributed by atoms with Gasteiger partial charge in [0.2, 0.25) is 0 Å². The Morgan fingerprint density at radius 2 is 2.29 bits per heavy atom. The van der Waals surface area contributed by atoms with Crippen molar-refractivity contribution in [3.05, 3.63) is 24.4 Å². The van der Waals surface area contributed by atoms with E-state index in [9.17, 15) is 8.87 Å². The number of halogens is 2. The highest BCUT2D eigenvalue weighted by Crippen LogP contribution is 2.31. The van der Waals surface area contributed by atoms with E-state index in [1.54, 1.807) is 0 Å². The van der Waals surface area contributed by atoms with Gasteiger partial charge >= 0.3 is 0 Å². The fourth-order valence-corrected chi connectivity index (χ4v) is 2.00. The molecule has 94 valence electrons. The van der Waals surface area contributed by atoms with Crippen molar-refractivity contribution in [1.29, 1.82) is 0 Å². The lowest BCUT2D eigenvalue weighted by atomic mass is 10.2. The second-order valence-electron chi connectivity index (χ2n) is 3.86. The largest absolute Gasteiger partial charge is 0.394 e. The molecule has 0 aliphatic carbocycles. The fourth-order valence-electron chi connectivity index (χ4n) is 1.84. The van der Waals surface area contributed by atoms with Gasteiger partial charge < -0.3 is 14.7 Å². The summed E-state index contributed by atoms with van der Waals surface area (Å²) in [6.45, 7) is 3.38. The molecule has 0 saturated carbocycles. The van der Waals surface area contributed by atoms with Gasteiger partial charge in [0, 0.05) is 6.20 Å². The molecule has 17 heavy (non-hydrogen) atoms. The van der Waals surface area contributed by atoms with Crippen LogP contribution in [0.3, 0.4) is 0 Å². The highest BCUT2D eigenvalue weighted by molar-refractivity contribution is 7.80. The minimum Gasteiger partial charge on any atom is -0.394 e. The summed E-state index contributed by atoms with van der Waals surface area (Å²) in [5.74, 6) is -0.925. The van der Waals surface area contributed by atoms with Crippen molar-refractivity contribution in [3.8, 4) is 0 Å². The zero-order chi connectivity index (χ0) is 12.6. The molecule has 4 nitrogen and oxygen atoms in total. The minimum atomic E-state index is -0.842. The lowest BCUT2D eigenvalue weighted by Gasteiger charge is -2.34. The van der Waals surface area contributed by atoms with E-state index in [1.807, 2.05) is 0 Å². The van der Waals surface area contributed by atoms with Gasteiger partial charge in [-0.2, -0.15) is 0 Å². The van der Waals surface area contributed by atoms with Gasteiger partial charge in [-0.05, 0) is 12.8 Å². The van der Waals surface area contributed by atoms with Crippen molar-refractivity contribution in [2.24, 2.45) is 0 Å². The van der Waals surface area contributed by atoms with Crippen molar-refractivity contribution in [2.75, 3.05) is 6.61 Å². The topological polar surface area (TPSA) is 35.9 Å². The molecule has 0 aromatic carbocycles. The summed E-state index contributed by atoms with van der Waals surface area (Å²) < 4.78 is 32.2. The summed E-state index contributed by atoms with van der Waals surface area (Å²) in [5, 5.41) is 8.95. The number of nitrogens with zero attached hydrogens (tertiary/aromatic N) is 2. The zero-order valence-electron chi connectivity index (χ0n) is 8.97. The number of rotatable bonds is 2. The number of aliphatic hydroxyl groups is 1. The SMILES string of the molecule is C=C1N(F)C(=S)C(F)=CN1C1CCC(CO)O1. The second-order valence-corrected chi connectivity index (χ2v) is 4.25. The van der Waals surface area contributed by atoms with Gasteiger partial charge in [0.15, 0.2) is 10.8 Å². The molecule has 2 heterocycles. The summed E-state index contributed by atoms with van der Waals surface area (Å²) in [6, 6.07) is 0. The smallest absolute Gasteiger partial charge is 0.177 e. The van der Waals surface area contributed by atoms with Crippen LogP contribution in [0.2, 0.25) is 0 Å². The first-order valence-electron chi connectivity index (χ1n) is 5.15. The molecule has 0 aromatic rings. The predicted octanol–water partition coefficient (Wildman–Crippen LogP) is 1.60. The third kappa shape index (κ3) is 2.18. The van der Waals surface area contributed by atoms with Crippen molar-refractivity contribution in [2.45, 2.75) is 25.2 Å². The Morgan fingerprint density at radius 3 is 2.88 bits per heavy atom. The van der Waals surface area contributed by atoms with E-state index < -0.39 is 17.0 Å². The van der Waals surface area contributed by atoms with Gasteiger partial charge in [-0.3, -0.25) is 0 Å². The lowest BCUT2D eigenvalue weighted by Crippen LogP contribution is -2.41. The van der Waals surface area contributed by atoms with Crippen LogP contribution < -0.4 is 0 Å². The molecule has 2 aliphatic heterocycles. The quantitative estimate of drug-likeness (QED) is 0.604. The first kappa shape index (κ1) is 12.4. The average molecular weight is 262 g/mol. The van der Waals surface area contributed by atoms with Gasteiger partial charge in [0.05, 0.1) is 12.7 Å². The Balaban J connectivity index is 2.16. The molecular formula is C10H12F2N2O2S. The van der Waals surface area contributed by atoms with E-state index in [-0.39, 0.29) is 23.7 Å². The summed E-state index contributed by atoms with van der Waals surface area (Å²) in [5.41, 5.74) is 0.